The van der Waals surface area contributed by atoms with Crippen molar-refractivity contribution in [3.8, 4) is 11.4 Å². The van der Waals surface area contributed by atoms with Gasteiger partial charge in [0.15, 0.2) is 11.5 Å². The molecule has 140 valence electrons. The van der Waals surface area contributed by atoms with Gasteiger partial charge >= 0.3 is 6.09 Å². The first-order valence-electron chi connectivity index (χ1n) is 9.20. The number of fused-ring (bicyclic) bond motifs is 1. The van der Waals surface area contributed by atoms with Crippen molar-refractivity contribution in [1.29, 1.82) is 0 Å². The first kappa shape index (κ1) is 17.3. The molecule has 0 aliphatic carbocycles. The molecule has 8 heteroatoms. The van der Waals surface area contributed by atoms with E-state index < -0.39 is 0 Å². The van der Waals surface area contributed by atoms with Crippen LogP contribution in [0.2, 0.25) is 0 Å². The molecule has 4 rings (SSSR count). The van der Waals surface area contributed by atoms with Crippen LogP contribution in [0.4, 0.5) is 10.6 Å². The van der Waals surface area contributed by atoms with Crippen LogP contribution in [0.1, 0.15) is 19.8 Å². The standard InChI is InChI=1S/C19H22N6O2/c1-2-27-19(26)20-15-9-6-12-24(13-15)17-11-10-16-21-22-18(25(16)23-17)14-7-4-3-5-8-14/h3-5,7-8,10-11,15H,2,6,9,12-13H2,1H3,(H,20,26)/t15-/m1/s1. The van der Waals surface area contributed by atoms with Gasteiger partial charge in [-0.3, -0.25) is 0 Å². The maximum Gasteiger partial charge on any atom is 0.407 e. The fourth-order valence-corrected chi connectivity index (χ4v) is 3.36. The van der Waals surface area contributed by atoms with Crippen LogP contribution in [0.15, 0.2) is 42.5 Å². The van der Waals surface area contributed by atoms with Crippen molar-refractivity contribution in [3.63, 3.8) is 0 Å². The van der Waals surface area contributed by atoms with Gasteiger partial charge in [0.25, 0.3) is 0 Å². The summed E-state index contributed by atoms with van der Waals surface area (Å²) in [7, 11) is 0. The number of benzene rings is 1. The van der Waals surface area contributed by atoms with Crippen LogP contribution >= 0.6 is 0 Å². The number of nitrogens with one attached hydrogen (secondary N) is 1. The van der Waals surface area contributed by atoms with E-state index in [1.54, 1.807) is 11.4 Å². The van der Waals surface area contributed by atoms with Gasteiger partial charge in [-0.1, -0.05) is 30.3 Å². The highest BCUT2D eigenvalue weighted by Gasteiger charge is 2.23. The average molecular weight is 366 g/mol. The minimum absolute atomic E-state index is 0.0461. The maximum absolute atomic E-state index is 11.7. The summed E-state index contributed by atoms with van der Waals surface area (Å²) >= 11 is 0. The first-order chi connectivity index (χ1) is 13.2. The highest BCUT2D eigenvalue weighted by atomic mass is 16.5. The Labute approximate surface area is 157 Å². The summed E-state index contributed by atoms with van der Waals surface area (Å²) in [4.78, 5) is 13.9. The third-order valence-electron chi connectivity index (χ3n) is 4.62. The molecule has 3 heterocycles. The molecule has 0 radical (unpaired) electrons. The Balaban J connectivity index is 1.57. The number of ether oxygens (including phenoxy) is 1. The molecule has 2 aromatic heterocycles. The molecule has 0 unspecified atom stereocenters. The largest absolute Gasteiger partial charge is 0.450 e. The molecule has 1 atom stereocenters. The highest BCUT2D eigenvalue weighted by Crippen LogP contribution is 2.21. The summed E-state index contributed by atoms with van der Waals surface area (Å²) < 4.78 is 6.76. The number of rotatable bonds is 4. The SMILES string of the molecule is CCOC(=O)N[C@@H]1CCCN(c2ccc3nnc(-c4ccccc4)n3n2)C1. The predicted octanol–water partition coefficient (Wildman–Crippen LogP) is 2.51. The number of hydrogen-bond acceptors (Lipinski definition) is 6. The van der Waals surface area contributed by atoms with Gasteiger partial charge in [0, 0.05) is 24.7 Å². The Hall–Kier alpha value is -3.16. The molecule has 0 spiro atoms. The molecule has 1 aliphatic heterocycles. The number of hydrogen-bond donors (Lipinski definition) is 1. The second-order valence-electron chi connectivity index (χ2n) is 6.50. The lowest BCUT2D eigenvalue weighted by atomic mass is 10.1. The van der Waals surface area contributed by atoms with E-state index in [9.17, 15) is 4.79 Å². The molecule has 1 saturated heterocycles. The Morgan fingerprint density at radius 2 is 2.07 bits per heavy atom. The molecule has 1 aliphatic rings. The first-order valence-corrected chi connectivity index (χ1v) is 9.20. The van der Waals surface area contributed by atoms with Crippen molar-refractivity contribution in [1.82, 2.24) is 25.1 Å². The molecule has 1 fully saturated rings. The molecular formula is C19H22N6O2. The van der Waals surface area contributed by atoms with Gasteiger partial charge in [0.2, 0.25) is 0 Å². The second-order valence-corrected chi connectivity index (χ2v) is 6.50. The van der Waals surface area contributed by atoms with Gasteiger partial charge in [0.05, 0.1) is 6.61 Å². The molecule has 1 aromatic carbocycles. The van der Waals surface area contributed by atoms with Crippen molar-refractivity contribution in [2.75, 3.05) is 24.6 Å². The van der Waals surface area contributed by atoms with E-state index in [0.717, 1.165) is 30.8 Å². The van der Waals surface area contributed by atoms with Crippen LogP contribution in [0, 0.1) is 0 Å². The monoisotopic (exact) mass is 366 g/mol. The Morgan fingerprint density at radius 1 is 1.22 bits per heavy atom. The normalized spacial score (nSPS) is 17.1. The Bertz CT molecular complexity index is 926. The summed E-state index contributed by atoms with van der Waals surface area (Å²) in [5, 5.41) is 16.2. The van der Waals surface area contributed by atoms with E-state index in [0.29, 0.717) is 24.6 Å². The fourth-order valence-electron chi connectivity index (χ4n) is 3.36. The zero-order chi connectivity index (χ0) is 18.6. The van der Waals surface area contributed by atoms with Crippen molar-refractivity contribution >= 4 is 17.6 Å². The molecule has 0 saturated carbocycles. The third kappa shape index (κ3) is 3.69. The third-order valence-corrected chi connectivity index (χ3v) is 4.62. The Morgan fingerprint density at radius 3 is 2.89 bits per heavy atom. The van der Waals surface area contributed by atoms with E-state index in [-0.39, 0.29) is 12.1 Å². The zero-order valence-electron chi connectivity index (χ0n) is 15.2. The molecule has 3 aromatic rings. The number of carbonyl (C=O) groups is 1. The lowest BCUT2D eigenvalue weighted by Gasteiger charge is -2.33. The molecule has 27 heavy (non-hydrogen) atoms. The minimum Gasteiger partial charge on any atom is -0.450 e. The summed E-state index contributed by atoms with van der Waals surface area (Å²) in [6.07, 6.45) is 1.54. The van der Waals surface area contributed by atoms with Crippen molar-refractivity contribution in [2.24, 2.45) is 0 Å². The van der Waals surface area contributed by atoms with Crippen LogP contribution in [-0.4, -0.2) is 51.6 Å². The lowest BCUT2D eigenvalue weighted by molar-refractivity contribution is 0.146. The molecular weight excluding hydrogens is 344 g/mol. The van der Waals surface area contributed by atoms with E-state index in [1.165, 1.54) is 0 Å². The van der Waals surface area contributed by atoms with Gasteiger partial charge in [-0.15, -0.1) is 15.3 Å². The van der Waals surface area contributed by atoms with Crippen LogP contribution in [0.25, 0.3) is 17.0 Å². The van der Waals surface area contributed by atoms with E-state index in [1.807, 2.05) is 42.5 Å². The van der Waals surface area contributed by atoms with Gasteiger partial charge in [-0.05, 0) is 31.9 Å². The van der Waals surface area contributed by atoms with Crippen LogP contribution in [-0.2, 0) is 4.74 Å². The molecule has 0 bridgehead atoms. The number of aromatic nitrogens is 4. The average Bonchev–Trinajstić information content (AvgIpc) is 3.12. The number of amides is 1. The summed E-state index contributed by atoms with van der Waals surface area (Å²) in [5.74, 6) is 1.56. The van der Waals surface area contributed by atoms with Gasteiger partial charge in [0.1, 0.15) is 5.82 Å². The van der Waals surface area contributed by atoms with E-state index in [2.05, 4.69) is 20.4 Å². The van der Waals surface area contributed by atoms with E-state index >= 15 is 0 Å². The zero-order valence-corrected chi connectivity index (χ0v) is 15.2. The predicted molar refractivity (Wildman–Crippen MR) is 102 cm³/mol. The van der Waals surface area contributed by atoms with Crippen LogP contribution in [0.3, 0.4) is 0 Å². The van der Waals surface area contributed by atoms with Crippen LogP contribution in [0.5, 0.6) is 0 Å². The Kier molecular flexibility index (Phi) is 4.86. The number of nitrogens with zero attached hydrogens (tertiary/aromatic N) is 5. The summed E-state index contributed by atoms with van der Waals surface area (Å²) in [5.41, 5.74) is 1.67. The van der Waals surface area contributed by atoms with Crippen molar-refractivity contribution in [2.45, 2.75) is 25.8 Å². The number of alkyl carbamates (subject to hydrolysis) is 1. The minimum atomic E-state index is -0.363. The quantitative estimate of drug-likeness (QED) is 0.764. The van der Waals surface area contributed by atoms with Crippen LogP contribution < -0.4 is 10.2 Å². The lowest BCUT2D eigenvalue weighted by Crippen LogP contribution is -2.48. The molecule has 1 N–H and O–H groups in total. The smallest absolute Gasteiger partial charge is 0.407 e. The highest BCUT2D eigenvalue weighted by molar-refractivity contribution is 5.67. The summed E-state index contributed by atoms with van der Waals surface area (Å²) in [6, 6.07) is 13.8. The molecule has 1 amide bonds. The summed E-state index contributed by atoms with van der Waals surface area (Å²) in [6.45, 7) is 3.76. The van der Waals surface area contributed by atoms with Crippen molar-refractivity contribution in [3.05, 3.63) is 42.5 Å². The number of piperidine rings is 1. The molecule has 8 nitrogen and oxygen atoms in total. The number of anilines is 1. The fraction of sp³-hybridized carbons (Fsp3) is 0.368. The van der Waals surface area contributed by atoms with Gasteiger partial charge in [-0.25, -0.2) is 4.79 Å². The maximum atomic E-state index is 11.7. The van der Waals surface area contributed by atoms with E-state index in [4.69, 9.17) is 9.84 Å². The van der Waals surface area contributed by atoms with Gasteiger partial charge in [-0.2, -0.15) is 4.52 Å². The number of carbonyl (C=O) groups excluding carboxylic acids is 1. The topological polar surface area (TPSA) is 84.6 Å². The van der Waals surface area contributed by atoms with Gasteiger partial charge < -0.3 is 15.0 Å². The van der Waals surface area contributed by atoms with Crippen molar-refractivity contribution < 1.29 is 9.53 Å². The second kappa shape index (κ2) is 7.61.